The Morgan fingerprint density at radius 3 is 2.94 bits per heavy atom. The molecule has 0 bridgehead atoms. The van der Waals surface area contributed by atoms with Crippen molar-refractivity contribution in [3.8, 4) is 0 Å². The molecule has 0 spiro atoms. The zero-order chi connectivity index (χ0) is 11.5. The van der Waals surface area contributed by atoms with Crippen LogP contribution in [-0.4, -0.2) is 18.6 Å². The van der Waals surface area contributed by atoms with Crippen molar-refractivity contribution in [3.63, 3.8) is 0 Å². The quantitative estimate of drug-likeness (QED) is 0.848. The van der Waals surface area contributed by atoms with E-state index in [0.717, 1.165) is 5.56 Å². The Morgan fingerprint density at radius 2 is 2.25 bits per heavy atom. The van der Waals surface area contributed by atoms with Crippen LogP contribution in [0.15, 0.2) is 18.2 Å². The molecule has 1 aliphatic rings. The highest BCUT2D eigenvalue weighted by atomic mass is 35.5. The summed E-state index contributed by atoms with van der Waals surface area (Å²) in [6.45, 7) is 0.999. The number of esters is 1. The molecular weight excluding hydrogens is 249 g/mol. The second kappa shape index (κ2) is 5.04. The first-order chi connectivity index (χ1) is 7.68. The fraction of sp³-hybridized carbons (Fsp3) is 0.364. The fourth-order valence-electron chi connectivity index (χ4n) is 1.60. The van der Waals surface area contributed by atoms with Crippen LogP contribution in [0, 0.1) is 0 Å². The highest BCUT2D eigenvalue weighted by molar-refractivity contribution is 6.42. The summed E-state index contributed by atoms with van der Waals surface area (Å²) in [5, 5.41) is 4.15. The van der Waals surface area contributed by atoms with E-state index in [1.807, 2.05) is 12.1 Å². The molecular formula is C11H11Cl2NO2. The van der Waals surface area contributed by atoms with E-state index >= 15 is 0 Å². The number of hydrogen-bond donors (Lipinski definition) is 1. The molecule has 0 saturated carbocycles. The van der Waals surface area contributed by atoms with Gasteiger partial charge in [0.15, 0.2) is 0 Å². The smallest absolute Gasteiger partial charge is 0.323 e. The molecule has 1 atom stereocenters. The summed E-state index contributed by atoms with van der Waals surface area (Å²) < 4.78 is 4.85. The second-order valence-electron chi connectivity index (χ2n) is 3.60. The highest BCUT2D eigenvalue weighted by Crippen LogP contribution is 2.25. The maximum absolute atomic E-state index is 11.2. The van der Waals surface area contributed by atoms with Crippen LogP contribution < -0.4 is 5.32 Å². The van der Waals surface area contributed by atoms with Crippen molar-refractivity contribution in [1.82, 2.24) is 5.32 Å². The van der Waals surface area contributed by atoms with Gasteiger partial charge in [-0.1, -0.05) is 35.3 Å². The number of rotatable bonds is 3. The van der Waals surface area contributed by atoms with Gasteiger partial charge in [-0.2, -0.15) is 0 Å². The van der Waals surface area contributed by atoms with E-state index in [4.69, 9.17) is 27.9 Å². The maximum atomic E-state index is 11.2. The highest BCUT2D eigenvalue weighted by Gasteiger charge is 2.25. The zero-order valence-corrected chi connectivity index (χ0v) is 10.0. The Morgan fingerprint density at radius 1 is 1.44 bits per heavy atom. The van der Waals surface area contributed by atoms with Gasteiger partial charge < -0.3 is 10.1 Å². The Kier molecular flexibility index (Phi) is 3.69. The Labute approximate surface area is 104 Å². The van der Waals surface area contributed by atoms with E-state index in [1.54, 1.807) is 6.07 Å². The summed E-state index contributed by atoms with van der Waals surface area (Å²) in [6.07, 6.45) is 0.705. The zero-order valence-electron chi connectivity index (χ0n) is 8.50. The third kappa shape index (κ3) is 2.48. The van der Waals surface area contributed by atoms with Gasteiger partial charge in [0.1, 0.15) is 6.04 Å². The lowest BCUT2D eigenvalue weighted by molar-refractivity contribution is -0.139. The fourth-order valence-corrected chi connectivity index (χ4v) is 1.99. The lowest BCUT2D eigenvalue weighted by Crippen LogP contribution is -2.32. The van der Waals surface area contributed by atoms with Crippen molar-refractivity contribution in [2.75, 3.05) is 6.61 Å². The van der Waals surface area contributed by atoms with Crippen LogP contribution in [-0.2, 0) is 16.1 Å². The Hall–Kier alpha value is -0.770. The van der Waals surface area contributed by atoms with Crippen molar-refractivity contribution >= 4 is 29.2 Å². The maximum Gasteiger partial charge on any atom is 0.323 e. The van der Waals surface area contributed by atoms with Gasteiger partial charge in [-0.25, -0.2) is 0 Å². The van der Waals surface area contributed by atoms with Crippen molar-refractivity contribution < 1.29 is 9.53 Å². The van der Waals surface area contributed by atoms with Gasteiger partial charge in [0, 0.05) is 13.0 Å². The van der Waals surface area contributed by atoms with Gasteiger partial charge in [-0.3, -0.25) is 4.79 Å². The molecule has 3 nitrogen and oxygen atoms in total. The van der Waals surface area contributed by atoms with Crippen LogP contribution in [0.25, 0.3) is 0 Å². The average Bonchev–Trinajstić information content (AvgIpc) is 2.67. The number of halogens is 2. The van der Waals surface area contributed by atoms with Gasteiger partial charge in [0.05, 0.1) is 16.7 Å². The standard InChI is InChI=1S/C11H11Cl2NO2/c12-8-3-1-2-7(10(8)13)6-14-9-4-5-16-11(9)15/h1-3,9,14H,4-6H2. The Bertz CT molecular complexity index is 409. The van der Waals surface area contributed by atoms with E-state index in [1.165, 1.54) is 0 Å². The molecule has 1 unspecified atom stereocenters. The first kappa shape index (κ1) is 11.7. The van der Waals surface area contributed by atoms with Crippen LogP contribution in [0.4, 0.5) is 0 Å². The number of carbonyl (C=O) groups excluding carboxylic acids is 1. The molecule has 16 heavy (non-hydrogen) atoms. The predicted molar refractivity (Wildman–Crippen MR) is 62.7 cm³/mol. The SMILES string of the molecule is O=C1OCCC1NCc1cccc(Cl)c1Cl. The lowest BCUT2D eigenvalue weighted by atomic mass is 10.2. The molecule has 86 valence electrons. The molecule has 1 aromatic carbocycles. The average molecular weight is 260 g/mol. The molecule has 1 N–H and O–H groups in total. The van der Waals surface area contributed by atoms with E-state index in [0.29, 0.717) is 29.6 Å². The minimum atomic E-state index is -0.227. The van der Waals surface area contributed by atoms with Gasteiger partial charge in [0.25, 0.3) is 0 Å². The molecule has 5 heteroatoms. The summed E-state index contributed by atoms with van der Waals surface area (Å²) in [6, 6.07) is 5.21. The third-order valence-electron chi connectivity index (χ3n) is 2.51. The lowest BCUT2D eigenvalue weighted by Gasteiger charge is -2.10. The molecule has 1 heterocycles. The normalized spacial score (nSPS) is 19.9. The van der Waals surface area contributed by atoms with Gasteiger partial charge in [0.2, 0.25) is 0 Å². The molecule has 1 fully saturated rings. The topological polar surface area (TPSA) is 38.3 Å². The van der Waals surface area contributed by atoms with Crippen molar-refractivity contribution in [2.24, 2.45) is 0 Å². The predicted octanol–water partition coefficient (Wildman–Crippen LogP) is 2.40. The van der Waals surface area contributed by atoms with Crippen LogP contribution in [0.1, 0.15) is 12.0 Å². The summed E-state index contributed by atoms with van der Waals surface area (Å²) in [5.74, 6) is -0.196. The summed E-state index contributed by atoms with van der Waals surface area (Å²) in [7, 11) is 0. The molecule has 1 saturated heterocycles. The monoisotopic (exact) mass is 259 g/mol. The Balaban J connectivity index is 1.99. The van der Waals surface area contributed by atoms with Crippen LogP contribution in [0.2, 0.25) is 10.0 Å². The molecule has 0 aromatic heterocycles. The number of benzene rings is 1. The van der Waals surface area contributed by atoms with E-state index in [9.17, 15) is 4.79 Å². The minimum Gasteiger partial charge on any atom is -0.464 e. The molecule has 2 rings (SSSR count). The van der Waals surface area contributed by atoms with Crippen molar-refractivity contribution in [2.45, 2.75) is 19.0 Å². The van der Waals surface area contributed by atoms with Gasteiger partial charge in [-0.15, -0.1) is 0 Å². The van der Waals surface area contributed by atoms with Crippen molar-refractivity contribution in [1.29, 1.82) is 0 Å². The van der Waals surface area contributed by atoms with Crippen molar-refractivity contribution in [3.05, 3.63) is 33.8 Å². The summed E-state index contributed by atoms with van der Waals surface area (Å²) in [4.78, 5) is 11.2. The summed E-state index contributed by atoms with van der Waals surface area (Å²) in [5.41, 5.74) is 0.883. The number of cyclic esters (lactones) is 1. The van der Waals surface area contributed by atoms with Crippen LogP contribution in [0.3, 0.4) is 0 Å². The molecule has 1 aliphatic heterocycles. The molecule has 1 aromatic rings. The van der Waals surface area contributed by atoms with Crippen LogP contribution in [0.5, 0.6) is 0 Å². The van der Waals surface area contributed by atoms with Gasteiger partial charge >= 0.3 is 5.97 Å². The second-order valence-corrected chi connectivity index (χ2v) is 4.39. The van der Waals surface area contributed by atoms with Crippen LogP contribution >= 0.6 is 23.2 Å². The number of nitrogens with one attached hydrogen (secondary N) is 1. The summed E-state index contributed by atoms with van der Waals surface area (Å²) >= 11 is 11.9. The molecule has 0 radical (unpaired) electrons. The van der Waals surface area contributed by atoms with E-state index in [-0.39, 0.29) is 12.0 Å². The van der Waals surface area contributed by atoms with E-state index in [2.05, 4.69) is 5.32 Å². The largest absolute Gasteiger partial charge is 0.464 e. The number of ether oxygens (including phenoxy) is 1. The minimum absolute atomic E-state index is 0.196. The van der Waals surface area contributed by atoms with Gasteiger partial charge in [-0.05, 0) is 11.6 Å². The molecule has 0 aliphatic carbocycles. The third-order valence-corrected chi connectivity index (χ3v) is 3.36. The van der Waals surface area contributed by atoms with E-state index < -0.39 is 0 Å². The molecule has 0 amide bonds. The first-order valence-corrected chi connectivity index (χ1v) is 5.77. The first-order valence-electron chi connectivity index (χ1n) is 5.01. The number of hydrogen-bond acceptors (Lipinski definition) is 3. The number of carbonyl (C=O) groups is 1.